The lowest BCUT2D eigenvalue weighted by Gasteiger charge is -2.08. The molecule has 0 N–H and O–H groups in total. The minimum absolute atomic E-state index is 0.183. The number of benzene rings is 1. The molecule has 1 aromatic carbocycles. The summed E-state index contributed by atoms with van der Waals surface area (Å²) >= 11 is 11.5. The van der Waals surface area contributed by atoms with Gasteiger partial charge < -0.3 is 0 Å². The highest BCUT2D eigenvalue weighted by Gasteiger charge is 2.20. The zero-order valence-electron chi connectivity index (χ0n) is 9.55. The maximum atomic E-state index is 13.2. The van der Waals surface area contributed by atoms with Crippen LogP contribution < -0.4 is 0 Å². The van der Waals surface area contributed by atoms with Crippen LogP contribution in [0.3, 0.4) is 0 Å². The van der Waals surface area contributed by atoms with Crippen LogP contribution >= 0.6 is 38.9 Å². The Morgan fingerprint density at radius 3 is 2.83 bits per heavy atom. The highest BCUT2D eigenvalue weighted by Crippen LogP contribution is 2.39. The largest absolute Gasteiger partial charge is 0.206 e. The molecule has 1 unspecified atom stereocenters. The van der Waals surface area contributed by atoms with Crippen molar-refractivity contribution in [1.29, 1.82) is 0 Å². The minimum atomic E-state index is -0.253. The van der Waals surface area contributed by atoms with Gasteiger partial charge in [0, 0.05) is 9.75 Å². The Morgan fingerprint density at radius 2 is 2.11 bits per heavy atom. The smallest absolute Gasteiger partial charge is 0.137 e. The lowest BCUT2D eigenvalue weighted by Crippen LogP contribution is -1.91. The zero-order chi connectivity index (χ0) is 12.7. The summed E-state index contributed by atoms with van der Waals surface area (Å²) < 4.78 is 13.7. The molecule has 1 aliphatic rings. The van der Waals surface area contributed by atoms with Gasteiger partial charge in [0.2, 0.25) is 0 Å². The third-order valence-corrected chi connectivity index (χ3v) is 5.78. The van der Waals surface area contributed by atoms with Gasteiger partial charge in [0.1, 0.15) is 5.82 Å². The van der Waals surface area contributed by atoms with Crippen LogP contribution in [0.1, 0.15) is 32.7 Å². The Labute approximate surface area is 123 Å². The van der Waals surface area contributed by atoms with Crippen LogP contribution in [0, 0.1) is 5.82 Å². The molecule has 4 heteroatoms. The molecule has 0 spiro atoms. The van der Waals surface area contributed by atoms with Gasteiger partial charge in [0.15, 0.2) is 0 Å². The van der Waals surface area contributed by atoms with Crippen molar-refractivity contribution in [2.24, 2.45) is 0 Å². The van der Waals surface area contributed by atoms with E-state index in [0.29, 0.717) is 4.47 Å². The maximum absolute atomic E-state index is 13.2. The molecule has 0 saturated carbocycles. The van der Waals surface area contributed by atoms with Crippen molar-refractivity contribution >= 4 is 38.9 Å². The van der Waals surface area contributed by atoms with E-state index in [2.05, 4.69) is 22.0 Å². The summed E-state index contributed by atoms with van der Waals surface area (Å²) in [6, 6.07) is 7.18. The molecule has 94 valence electrons. The summed E-state index contributed by atoms with van der Waals surface area (Å²) in [6.45, 7) is 0. The van der Waals surface area contributed by atoms with Crippen LogP contribution in [0.15, 0.2) is 28.7 Å². The molecule has 0 nitrogen and oxygen atoms in total. The molecule has 0 saturated heterocycles. The molecular formula is C14H11BrClFS. The van der Waals surface area contributed by atoms with Crippen LogP contribution in [0.5, 0.6) is 0 Å². The molecular weight excluding hydrogens is 335 g/mol. The van der Waals surface area contributed by atoms with E-state index >= 15 is 0 Å². The molecule has 0 bridgehead atoms. The number of halogens is 3. The Hall–Kier alpha value is -0.380. The molecule has 0 radical (unpaired) electrons. The van der Waals surface area contributed by atoms with Crippen LogP contribution in [-0.4, -0.2) is 0 Å². The number of aryl methyl sites for hydroxylation is 2. The van der Waals surface area contributed by atoms with E-state index in [1.54, 1.807) is 23.5 Å². The highest BCUT2D eigenvalue weighted by molar-refractivity contribution is 9.10. The molecule has 0 amide bonds. The fraction of sp³-hybridized carbons (Fsp3) is 0.286. The van der Waals surface area contributed by atoms with Gasteiger partial charge in [-0.2, -0.15) is 0 Å². The van der Waals surface area contributed by atoms with Crippen LogP contribution in [0.2, 0.25) is 0 Å². The Morgan fingerprint density at radius 1 is 1.28 bits per heavy atom. The topological polar surface area (TPSA) is 0 Å². The second kappa shape index (κ2) is 4.95. The average molecular weight is 346 g/mol. The summed E-state index contributed by atoms with van der Waals surface area (Å²) in [7, 11) is 0. The van der Waals surface area contributed by atoms with Gasteiger partial charge >= 0.3 is 0 Å². The summed E-state index contributed by atoms with van der Waals surface area (Å²) in [5.74, 6) is -0.253. The average Bonchev–Trinajstić information content (AvgIpc) is 2.92. The molecule has 1 aliphatic carbocycles. The van der Waals surface area contributed by atoms with Gasteiger partial charge in [0.25, 0.3) is 0 Å². The van der Waals surface area contributed by atoms with E-state index in [0.717, 1.165) is 5.56 Å². The van der Waals surface area contributed by atoms with Crippen molar-refractivity contribution in [3.63, 3.8) is 0 Å². The van der Waals surface area contributed by atoms with Gasteiger partial charge in [-0.15, -0.1) is 22.9 Å². The summed E-state index contributed by atoms with van der Waals surface area (Å²) in [4.78, 5) is 2.64. The minimum Gasteiger partial charge on any atom is -0.206 e. The Kier molecular flexibility index (Phi) is 3.48. The first kappa shape index (κ1) is 12.6. The first-order valence-electron chi connectivity index (χ1n) is 5.85. The molecule has 0 aliphatic heterocycles. The quantitative estimate of drug-likeness (QED) is 0.633. The predicted octanol–water partition coefficient (Wildman–Crippen LogP) is 5.47. The van der Waals surface area contributed by atoms with Crippen molar-refractivity contribution < 1.29 is 4.39 Å². The van der Waals surface area contributed by atoms with E-state index in [1.807, 2.05) is 0 Å². The molecule has 1 heterocycles. The summed E-state index contributed by atoms with van der Waals surface area (Å²) in [6.07, 6.45) is 3.61. The molecule has 3 rings (SSSR count). The maximum Gasteiger partial charge on any atom is 0.137 e. The Balaban J connectivity index is 1.93. The number of fused-ring (bicyclic) bond motifs is 1. The third-order valence-electron chi connectivity index (χ3n) is 3.25. The number of thiophene rings is 1. The van der Waals surface area contributed by atoms with Gasteiger partial charge in [-0.3, -0.25) is 0 Å². The van der Waals surface area contributed by atoms with Gasteiger partial charge in [-0.25, -0.2) is 4.39 Å². The molecule has 2 aromatic rings. The number of rotatable bonds is 2. The van der Waals surface area contributed by atoms with E-state index in [-0.39, 0.29) is 11.2 Å². The summed E-state index contributed by atoms with van der Waals surface area (Å²) in [5, 5.41) is -0.183. The van der Waals surface area contributed by atoms with Crippen molar-refractivity contribution in [2.75, 3.05) is 0 Å². The highest BCUT2D eigenvalue weighted by atomic mass is 79.9. The second-order valence-electron chi connectivity index (χ2n) is 4.49. The monoisotopic (exact) mass is 344 g/mol. The number of alkyl halides is 1. The van der Waals surface area contributed by atoms with Crippen molar-refractivity contribution in [1.82, 2.24) is 0 Å². The lowest BCUT2D eigenvalue weighted by atomic mass is 10.1. The number of hydrogen-bond acceptors (Lipinski definition) is 1. The lowest BCUT2D eigenvalue weighted by molar-refractivity contribution is 0.620. The van der Waals surface area contributed by atoms with Gasteiger partial charge in [0.05, 0.1) is 9.85 Å². The first-order chi connectivity index (χ1) is 8.65. The van der Waals surface area contributed by atoms with Crippen molar-refractivity contribution in [3.8, 4) is 0 Å². The van der Waals surface area contributed by atoms with Gasteiger partial charge in [-0.1, -0.05) is 6.07 Å². The van der Waals surface area contributed by atoms with Crippen LogP contribution in [-0.2, 0) is 12.8 Å². The van der Waals surface area contributed by atoms with E-state index in [4.69, 9.17) is 11.6 Å². The predicted molar refractivity (Wildman–Crippen MR) is 78.1 cm³/mol. The van der Waals surface area contributed by atoms with Gasteiger partial charge in [-0.05, 0) is 64.5 Å². The SMILES string of the molecule is Fc1ccc(C(Cl)c2cc3c(s2)CCC3)cc1Br. The first-order valence-corrected chi connectivity index (χ1v) is 7.90. The fourth-order valence-electron chi connectivity index (χ4n) is 2.31. The number of hydrogen-bond donors (Lipinski definition) is 0. The second-order valence-corrected chi connectivity index (χ2v) is 6.95. The van der Waals surface area contributed by atoms with E-state index < -0.39 is 0 Å². The van der Waals surface area contributed by atoms with E-state index in [9.17, 15) is 4.39 Å². The normalized spacial score (nSPS) is 15.7. The van der Waals surface area contributed by atoms with Crippen molar-refractivity contribution in [3.05, 3.63) is 55.4 Å². The standard InChI is InChI=1S/C14H11BrClFS/c15-10-6-9(4-5-11(10)17)14(16)13-7-8-2-1-3-12(8)18-13/h4-7,14H,1-3H2. The Bertz CT molecular complexity index is 572. The third kappa shape index (κ3) is 2.24. The fourth-order valence-corrected chi connectivity index (χ4v) is 4.30. The van der Waals surface area contributed by atoms with Crippen molar-refractivity contribution in [2.45, 2.75) is 24.6 Å². The molecule has 1 aromatic heterocycles. The zero-order valence-corrected chi connectivity index (χ0v) is 12.7. The van der Waals surface area contributed by atoms with Crippen LogP contribution in [0.25, 0.3) is 0 Å². The molecule has 0 fully saturated rings. The molecule has 1 atom stereocenters. The molecule has 18 heavy (non-hydrogen) atoms. The summed E-state index contributed by atoms with van der Waals surface area (Å²) in [5.41, 5.74) is 2.38. The van der Waals surface area contributed by atoms with Crippen LogP contribution in [0.4, 0.5) is 4.39 Å². The van der Waals surface area contributed by atoms with E-state index in [1.165, 1.54) is 40.6 Å².